The Bertz CT molecular complexity index is 1330. The standard InChI is InChI=1S/C30H24N2O/c33-29(32-30(23-14-6-2-7-15-23)24-16-8-3-9-17-24)21-25-20-28(22-12-4-1-5-13-22)31-27-19-11-10-18-26(25)27/h1-20,30H,21H2,(H,32,33). The first-order chi connectivity index (χ1) is 16.3. The van der Waals surface area contributed by atoms with Crippen LogP contribution in [0.3, 0.4) is 0 Å². The van der Waals surface area contributed by atoms with Crippen molar-refractivity contribution in [3.05, 3.63) is 138 Å². The van der Waals surface area contributed by atoms with E-state index in [0.29, 0.717) is 0 Å². The molecule has 0 saturated carbocycles. The number of amides is 1. The lowest BCUT2D eigenvalue weighted by Crippen LogP contribution is -2.30. The number of rotatable bonds is 6. The number of hydrogen-bond acceptors (Lipinski definition) is 2. The highest BCUT2D eigenvalue weighted by molar-refractivity contribution is 5.90. The summed E-state index contributed by atoms with van der Waals surface area (Å²) in [6.07, 6.45) is 0.277. The number of hydrogen-bond donors (Lipinski definition) is 1. The van der Waals surface area contributed by atoms with E-state index >= 15 is 0 Å². The summed E-state index contributed by atoms with van der Waals surface area (Å²) in [6, 6.07) is 40.1. The van der Waals surface area contributed by atoms with Crippen molar-refractivity contribution in [2.75, 3.05) is 0 Å². The van der Waals surface area contributed by atoms with Crippen molar-refractivity contribution in [2.45, 2.75) is 12.5 Å². The molecule has 0 spiro atoms. The number of para-hydroxylation sites is 1. The fraction of sp³-hybridized carbons (Fsp3) is 0.0667. The van der Waals surface area contributed by atoms with E-state index in [9.17, 15) is 4.79 Å². The SMILES string of the molecule is O=C(Cc1cc(-c2ccccc2)nc2ccccc12)NC(c1ccccc1)c1ccccc1. The third kappa shape index (κ3) is 4.68. The maximum absolute atomic E-state index is 13.3. The number of fused-ring (bicyclic) bond motifs is 1. The lowest BCUT2D eigenvalue weighted by molar-refractivity contribution is -0.120. The number of nitrogens with zero attached hydrogens (tertiary/aromatic N) is 1. The molecule has 3 heteroatoms. The molecule has 4 aromatic carbocycles. The molecular weight excluding hydrogens is 404 g/mol. The summed E-state index contributed by atoms with van der Waals surface area (Å²) in [7, 11) is 0. The second-order valence-corrected chi connectivity index (χ2v) is 8.05. The molecule has 0 aliphatic rings. The summed E-state index contributed by atoms with van der Waals surface area (Å²) in [5.41, 5.74) is 5.89. The van der Waals surface area contributed by atoms with Crippen LogP contribution >= 0.6 is 0 Å². The monoisotopic (exact) mass is 428 g/mol. The van der Waals surface area contributed by atoms with Gasteiger partial charge in [-0.1, -0.05) is 109 Å². The molecule has 33 heavy (non-hydrogen) atoms. The van der Waals surface area contributed by atoms with Gasteiger partial charge in [0, 0.05) is 10.9 Å². The maximum atomic E-state index is 13.3. The van der Waals surface area contributed by atoms with Crippen molar-refractivity contribution >= 4 is 16.8 Å². The van der Waals surface area contributed by atoms with Crippen LogP contribution in [0.2, 0.25) is 0 Å². The summed E-state index contributed by atoms with van der Waals surface area (Å²) in [5.74, 6) is -0.0249. The minimum absolute atomic E-state index is 0.0249. The molecule has 0 atom stereocenters. The van der Waals surface area contributed by atoms with E-state index < -0.39 is 0 Å². The number of aromatic nitrogens is 1. The zero-order chi connectivity index (χ0) is 22.5. The average molecular weight is 429 g/mol. The molecule has 1 heterocycles. The second-order valence-electron chi connectivity index (χ2n) is 8.05. The normalized spacial score (nSPS) is 10.9. The molecule has 1 amide bonds. The zero-order valence-corrected chi connectivity index (χ0v) is 18.2. The van der Waals surface area contributed by atoms with Gasteiger partial charge < -0.3 is 5.32 Å². The summed E-state index contributed by atoms with van der Waals surface area (Å²) in [6.45, 7) is 0. The highest BCUT2D eigenvalue weighted by Gasteiger charge is 2.18. The van der Waals surface area contributed by atoms with E-state index in [4.69, 9.17) is 4.98 Å². The second kappa shape index (κ2) is 9.49. The van der Waals surface area contributed by atoms with Crippen molar-refractivity contribution in [3.63, 3.8) is 0 Å². The Morgan fingerprint density at radius 3 is 1.88 bits per heavy atom. The molecule has 0 fully saturated rings. The highest BCUT2D eigenvalue weighted by atomic mass is 16.1. The van der Waals surface area contributed by atoms with Crippen molar-refractivity contribution < 1.29 is 4.79 Å². The molecule has 1 aromatic heterocycles. The van der Waals surface area contributed by atoms with Gasteiger partial charge in [0.05, 0.1) is 23.7 Å². The van der Waals surface area contributed by atoms with Crippen molar-refractivity contribution in [1.29, 1.82) is 0 Å². The van der Waals surface area contributed by atoms with Crippen LogP contribution < -0.4 is 5.32 Å². The Morgan fingerprint density at radius 2 is 1.24 bits per heavy atom. The predicted molar refractivity (Wildman–Crippen MR) is 134 cm³/mol. The van der Waals surface area contributed by atoms with Gasteiger partial charge in [0.25, 0.3) is 0 Å². The van der Waals surface area contributed by atoms with Crippen LogP contribution in [0.1, 0.15) is 22.7 Å². The Kier molecular flexibility index (Phi) is 5.94. The number of carbonyl (C=O) groups excluding carboxylic acids is 1. The molecule has 5 aromatic rings. The Morgan fingerprint density at radius 1 is 0.697 bits per heavy atom. The first kappa shape index (κ1) is 20.7. The number of pyridine rings is 1. The lowest BCUT2D eigenvalue weighted by Gasteiger charge is -2.20. The maximum Gasteiger partial charge on any atom is 0.225 e. The highest BCUT2D eigenvalue weighted by Crippen LogP contribution is 2.26. The van der Waals surface area contributed by atoms with E-state index in [2.05, 4.69) is 5.32 Å². The van der Waals surface area contributed by atoms with Gasteiger partial charge in [-0.25, -0.2) is 4.98 Å². The Hall–Kier alpha value is -4.24. The summed E-state index contributed by atoms with van der Waals surface area (Å²) in [4.78, 5) is 18.2. The van der Waals surface area contributed by atoms with E-state index in [1.54, 1.807) is 0 Å². The van der Waals surface area contributed by atoms with Gasteiger partial charge >= 0.3 is 0 Å². The quantitative estimate of drug-likeness (QED) is 0.342. The molecular formula is C30H24N2O. The minimum Gasteiger partial charge on any atom is -0.345 e. The smallest absolute Gasteiger partial charge is 0.225 e. The molecule has 5 rings (SSSR count). The van der Waals surface area contributed by atoms with E-state index in [-0.39, 0.29) is 18.4 Å². The van der Waals surface area contributed by atoms with Crippen molar-refractivity contribution in [3.8, 4) is 11.3 Å². The first-order valence-corrected chi connectivity index (χ1v) is 11.1. The molecule has 0 radical (unpaired) electrons. The largest absolute Gasteiger partial charge is 0.345 e. The molecule has 0 bridgehead atoms. The van der Waals surface area contributed by atoms with Gasteiger partial charge in [0.1, 0.15) is 0 Å². The summed E-state index contributed by atoms with van der Waals surface area (Å²) in [5, 5.41) is 4.27. The zero-order valence-electron chi connectivity index (χ0n) is 18.2. The third-order valence-electron chi connectivity index (χ3n) is 5.79. The van der Waals surface area contributed by atoms with Gasteiger partial charge in [-0.15, -0.1) is 0 Å². The van der Waals surface area contributed by atoms with Gasteiger partial charge in [0.15, 0.2) is 0 Å². The molecule has 0 aliphatic heterocycles. The number of benzene rings is 4. The minimum atomic E-state index is -0.207. The Balaban J connectivity index is 1.48. The lowest BCUT2D eigenvalue weighted by atomic mass is 9.97. The third-order valence-corrected chi connectivity index (χ3v) is 5.79. The van der Waals surface area contributed by atoms with Crippen molar-refractivity contribution in [1.82, 2.24) is 10.3 Å². The van der Waals surface area contributed by atoms with Gasteiger partial charge in [-0.05, 0) is 28.8 Å². The van der Waals surface area contributed by atoms with E-state index in [1.807, 2.05) is 121 Å². The fourth-order valence-corrected chi connectivity index (χ4v) is 4.19. The molecule has 0 saturated heterocycles. The molecule has 1 N–H and O–H groups in total. The van der Waals surface area contributed by atoms with Crippen LogP contribution in [0.25, 0.3) is 22.2 Å². The fourth-order valence-electron chi connectivity index (χ4n) is 4.19. The van der Waals surface area contributed by atoms with Gasteiger partial charge in [0.2, 0.25) is 5.91 Å². The average Bonchev–Trinajstić information content (AvgIpc) is 2.89. The van der Waals surface area contributed by atoms with Crippen LogP contribution in [0, 0.1) is 0 Å². The van der Waals surface area contributed by atoms with Crippen LogP contribution in [-0.2, 0) is 11.2 Å². The predicted octanol–water partition coefficient (Wildman–Crippen LogP) is 6.35. The van der Waals surface area contributed by atoms with Crippen molar-refractivity contribution in [2.24, 2.45) is 0 Å². The van der Waals surface area contributed by atoms with Crippen LogP contribution in [0.5, 0.6) is 0 Å². The number of carbonyl (C=O) groups is 1. The summed E-state index contributed by atoms with van der Waals surface area (Å²) < 4.78 is 0. The topological polar surface area (TPSA) is 42.0 Å². The van der Waals surface area contributed by atoms with Crippen LogP contribution in [0.15, 0.2) is 121 Å². The summed E-state index contributed by atoms with van der Waals surface area (Å²) >= 11 is 0. The first-order valence-electron chi connectivity index (χ1n) is 11.1. The van der Waals surface area contributed by atoms with Gasteiger partial charge in [-0.3, -0.25) is 4.79 Å². The molecule has 0 aliphatic carbocycles. The van der Waals surface area contributed by atoms with Gasteiger partial charge in [-0.2, -0.15) is 0 Å². The number of nitrogens with one attached hydrogen (secondary N) is 1. The van der Waals surface area contributed by atoms with Crippen LogP contribution in [0.4, 0.5) is 0 Å². The Labute approximate surface area is 193 Å². The molecule has 160 valence electrons. The van der Waals surface area contributed by atoms with E-state index in [1.165, 1.54) is 0 Å². The molecule has 3 nitrogen and oxygen atoms in total. The van der Waals surface area contributed by atoms with E-state index in [0.717, 1.165) is 38.9 Å². The van der Waals surface area contributed by atoms with Crippen LogP contribution in [-0.4, -0.2) is 10.9 Å². The molecule has 0 unspecified atom stereocenters.